The number of hydrogen-bond acceptors (Lipinski definition) is 4. The first kappa shape index (κ1) is 22.3. The quantitative estimate of drug-likeness (QED) is 0.387. The van der Waals surface area contributed by atoms with Crippen LogP contribution in [0.4, 0.5) is 4.39 Å². The zero-order valence-corrected chi connectivity index (χ0v) is 19.6. The summed E-state index contributed by atoms with van der Waals surface area (Å²) in [5.74, 6) is -0.260. The first-order valence-electron chi connectivity index (χ1n) is 9.71. The van der Waals surface area contributed by atoms with Crippen LogP contribution in [0.25, 0.3) is 16.6 Å². The van der Waals surface area contributed by atoms with Crippen molar-refractivity contribution in [2.24, 2.45) is 0 Å². The van der Waals surface area contributed by atoms with Gasteiger partial charge in [0.15, 0.2) is 0 Å². The van der Waals surface area contributed by atoms with Gasteiger partial charge >= 0.3 is 0 Å². The smallest absolute Gasteiger partial charge is 0.266 e. The molecule has 6 nitrogen and oxygen atoms in total. The molecule has 0 radical (unpaired) electrons. The molecule has 0 N–H and O–H groups in total. The van der Waals surface area contributed by atoms with Crippen LogP contribution in [0.1, 0.15) is 18.8 Å². The number of halogens is 2. The average Bonchev–Trinajstić information content (AvgIpc) is 2.79. The molecule has 0 saturated heterocycles. The van der Waals surface area contributed by atoms with Crippen molar-refractivity contribution in [3.63, 3.8) is 0 Å². The molecule has 9 heteroatoms. The molecule has 164 valence electrons. The van der Waals surface area contributed by atoms with E-state index in [4.69, 9.17) is 0 Å². The van der Waals surface area contributed by atoms with Crippen LogP contribution in [0, 0.1) is 5.82 Å². The molecule has 0 bridgehead atoms. The minimum atomic E-state index is -3.97. The van der Waals surface area contributed by atoms with Gasteiger partial charge in [-0.05, 0) is 67.6 Å². The molecular weight excluding hydrogens is 497 g/mol. The molecule has 0 saturated carbocycles. The van der Waals surface area contributed by atoms with Crippen molar-refractivity contribution in [2.75, 3.05) is 7.05 Å². The third kappa shape index (κ3) is 3.99. The van der Waals surface area contributed by atoms with Gasteiger partial charge in [-0.2, -0.15) is 4.31 Å². The molecule has 0 aliphatic carbocycles. The largest absolute Gasteiger partial charge is 0.268 e. The molecule has 32 heavy (non-hydrogen) atoms. The topological polar surface area (TPSA) is 72.3 Å². The lowest BCUT2D eigenvalue weighted by Gasteiger charge is -2.26. The second-order valence-electron chi connectivity index (χ2n) is 7.26. The van der Waals surface area contributed by atoms with Gasteiger partial charge in [0.25, 0.3) is 5.56 Å². The van der Waals surface area contributed by atoms with Gasteiger partial charge in [0.2, 0.25) is 10.0 Å². The summed E-state index contributed by atoms with van der Waals surface area (Å²) in [5.41, 5.74) is 0.735. The van der Waals surface area contributed by atoms with Crippen LogP contribution in [-0.2, 0) is 10.0 Å². The first-order chi connectivity index (χ1) is 15.2. The van der Waals surface area contributed by atoms with E-state index < -0.39 is 21.9 Å². The first-order valence-corrected chi connectivity index (χ1v) is 11.9. The number of aromatic nitrogens is 2. The van der Waals surface area contributed by atoms with E-state index in [1.807, 2.05) is 0 Å². The van der Waals surface area contributed by atoms with Crippen LogP contribution in [0.15, 0.2) is 87.0 Å². The zero-order valence-electron chi connectivity index (χ0n) is 17.2. The molecule has 4 rings (SSSR count). The minimum absolute atomic E-state index is 0.0495. The second kappa shape index (κ2) is 8.57. The van der Waals surface area contributed by atoms with Gasteiger partial charge in [0.1, 0.15) is 11.6 Å². The highest BCUT2D eigenvalue weighted by atomic mass is 79.9. The van der Waals surface area contributed by atoms with Crippen LogP contribution in [0.3, 0.4) is 0 Å². The fourth-order valence-electron chi connectivity index (χ4n) is 3.41. The summed E-state index contributed by atoms with van der Waals surface area (Å²) < 4.78 is 43.1. The van der Waals surface area contributed by atoms with Crippen LogP contribution in [-0.4, -0.2) is 29.3 Å². The maximum atomic E-state index is 13.4. The molecule has 4 aromatic rings. The highest BCUT2D eigenvalue weighted by Gasteiger charge is 2.30. The van der Waals surface area contributed by atoms with Gasteiger partial charge in [-0.25, -0.2) is 17.8 Å². The number of rotatable bonds is 5. The third-order valence-corrected chi connectivity index (χ3v) is 7.77. The number of para-hydroxylation sites is 1. The fourth-order valence-corrected chi connectivity index (χ4v) is 5.00. The Hall–Kier alpha value is -2.88. The lowest BCUT2D eigenvalue weighted by molar-refractivity contribution is 0.379. The number of fused-ring (bicyclic) bond motifs is 1. The molecule has 0 aliphatic rings. The van der Waals surface area contributed by atoms with E-state index in [9.17, 15) is 17.6 Å². The van der Waals surface area contributed by atoms with Crippen molar-refractivity contribution in [3.8, 4) is 5.69 Å². The Labute approximate surface area is 193 Å². The molecule has 0 amide bonds. The van der Waals surface area contributed by atoms with Gasteiger partial charge in [-0.1, -0.05) is 28.1 Å². The van der Waals surface area contributed by atoms with E-state index in [0.717, 1.165) is 20.9 Å². The zero-order chi connectivity index (χ0) is 23.0. The number of sulfonamides is 1. The Kier molecular flexibility index (Phi) is 5.98. The Morgan fingerprint density at radius 1 is 1.00 bits per heavy atom. The summed E-state index contributed by atoms with van der Waals surface area (Å²) in [5, 5.41) is 0.426. The van der Waals surface area contributed by atoms with E-state index in [2.05, 4.69) is 20.9 Å². The van der Waals surface area contributed by atoms with Crippen molar-refractivity contribution in [3.05, 3.63) is 99.3 Å². The maximum Gasteiger partial charge on any atom is 0.266 e. The molecule has 0 spiro atoms. The highest BCUT2D eigenvalue weighted by molar-refractivity contribution is 9.10. The Balaban J connectivity index is 1.90. The summed E-state index contributed by atoms with van der Waals surface area (Å²) in [6.07, 6.45) is 0. The van der Waals surface area contributed by atoms with E-state index >= 15 is 0 Å². The summed E-state index contributed by atoms with van der Waals surface area (Å²) in [4.78, 5) is 18.0. The SMILES string of the molecule is CC(c1nc2ccccc2c(=O)n1-c1ccc(Br)cc1)N(C)S(=O)(=O)c1ccc(F)cc1. The molecule has 0 aliphatic heterocycles. The van der Waals surface area contributed by atoms with Gasteiger partial charge in [0, 0.05) is 11.5 Å². The van der Waals surface area contributed by atoms with Crippen LogP contribution >= 0.6 is 15.9 Å². The highest BCUT2D eigenvalue weighted by Crippen LogP contribution is 2.27. The van der Waals surface area contributed by atoms with Crippen molar-refractivity contribution in [1.29, 1.82) is 0 Å². The molecule has 3 aromatic carbocycles. The monoisotopic (exact) mass is 515 g/mol. The average molecular weight is 516 g/mol. The predicted octanol–water partition coefficient (Wildman–Crippen LogP) is 4.67. The van der Waals surface area contributed by atoms with E-state index in [0.29, 0.717) is 16.6 Å². The number of benzene rings is 3. The summed E-state index contributed by atoms with van der Waals surface area (Å²) in [6.45, 7) is 1.66. The van der Waals surface area contributed by atoms with Crippen molar-refractivity contribution in [1.82, 2.24) is 13.9 Å². The minimum Gasteiger partial charge on any atom is -0.268 e. The van der Waals surface area contributed by atoms with E-state index in [1.54, 1.807) is 55.5 Å². The normalized spacial score (nSPS) is 12.9. The predicted molar refractivity (Wildman–Crippen MR) is 125 cm³/mol. The molecule has 1 unspecified atom stereocenters. The fraction of sp³-hybridized carbons (Fsp3) is 0.130. The van der Waals surface area contributed by atoms with E-state index in [1.165, 1.54) is 23.7 Å². The second-order valence-corrected chi connectivity index (χ2v) is 10.2. The molecule has 0 fully saturated rings. The molecule has 1 atom stereocenters. The Bertz CT molecular complexity index is 1450. The van der Waals surface area contributed by atoms with Gasteiger partial charge in [-0.15, -0.1) is 0 Å². The van der Waals surface area contributed by atoms with Gasteiger partial charge < -0.3 is 0 Å². The Morgan fingerprint density at radius 2 is 1.62 bits per heavy atom. The van der Waals surface area contributed by atoms with Crippen molar-refractivity contribution >= 4 is 36.9 Å². The van der Waals surface area contributed by atoms with Crippen LogP contribution in [0.5, 0.6) is 0 Å². The van der Waals surface area contributed by atoms with Gasteiger partial charge in [0.05, 0.1) is 27.5 Å². The standard InChI is InChI=1S/C23H19BrFN3O3S/c1-15(27(2)32(30,31)19-13-9-17(25)10-14-19)22-26-21-6-4-3-5-20(21)23(29)28(22)18-11-7-16(24)8-12-18/h3-15H,1-2H3. The molecule has 1 aromatic heterocycles. The van der Waals surface area contributed by atoms with Gasteiger partial charge in [-0.3, -0.25) is 9.36 Å². The lowest BCUT2D eigenvalue weighted by atomic mass is 10.2. The molecular formula is C23H19BrFN3O3S. The lowest BCUT2D eigenvalue weighted by Crippen LogP contribution is -2.34. The maximum absolute atomic E-state index is 13.4. The van der Waals surface area contributed by atoms with Crippen LogP contribution < -0.4 is 5.56 Å². The summed E-state index contributed by atoms with van der Waals surface area (Å²) in [7, 11) is -2.56. The van der Waals surface area contributed by atoms with Crippen molar-refractivity contribution in [2.45, 2.75) is 17.9 Å². The third-order valence-electron chi connectivity index (χ3n) is 5.30. The summed E-state index contributed by atoms with van der Waals surface area (Å²) in [6, 6.07) is 17.8. The Morgan fingerprint density at radius 3 is 2.28 bits per heavy atom. The van der Waals surface area contributed by atoms with E-state index in [-0.39, 0.29) is 16.3 Å². The van der Waals surface area contributed by atoms with Crippen molar-refractivity contribution < 1.29 is 12.8 Å². The number of hydrogen-bond donors (Lipinski definition) is 0. The summed E-state index contributed by atoms with van der Waals surface area (Å²) >= 11 is 3.39. The number of nitrogens with zero attached hydrogens (tertiary/aromatic N) is 3. The molecule has 1 heterocycles. The van der Waals surface area contributed by atoms with Crippen LogP contribution in [0.2, 0.25) is 0 Å².